The quantitative estimate of drug-likeness (QED) is 0.701. The first kappa shape index (κ1) is 23.8. The maximum atomic E-state index is 12.9. The monoisotopic (exact) mass is 437 g/mol. The van der Waals surface area contributed by atoms with Gasteiger partial charge in [0.15, 0.2) is 0 Å². The molecule has 3 rings (SSSR count). The van der Waals surface area contributed by atoms with Gasteiger partial charge in [-0.25, -0.2) is 4.79 Å². The van der Waals surface area contributed by atoms with Crippen molar-refractivity contribution in [2.45, 2.75) is 64.0 Å². The fraction of sp³-hybridized carbons (Fsp3) is 0.864. The van der Waals surface area contributed by atoms with Crippen molar-refractivity contribution in [1.29, 1.82) is 0 Å². The first-order valence-corrected chi connectivity index (χ1v) is 11.6. The van der Waals surface area contributed by atoms with Crippen molar-refractivity contribution in [2.24, 2.45) is 5.73 Å². The van der Waals surface area contributed by atoms with Crippen molar-refractivity contribution in [3.05, 3.63) is 0 Å². The second-order valence-electron chi connectivity index (χ2n) is 10.1. The van der Waals surface area contributed by atoms with Crippen LogP contribution in [0.1, 0.15) is 52.9 Å². The van der Waals surface area contributed by atoms with Crippen LogP contribution in [0.3, 0.4) is 0 Å². The maximum absolute atomic E-state index is 12.9. The van der Waals surface area contributed by atoms with E-state index in [9.17, 15) is 14.4 Å². The van der Waals surface area contributed by atoms with Crippen molar-refractivity contribution in [3.63, 3.8) is 0 Å². The van der Waals surface area contributed by atoms with Crippen LogP contribution in [0.15, 0.2) is 0 Å². The second-order valence-corrected chi connectivity index (χ2v) is 10.1. The molecule has 0 bridgehead atoms. The Bertz CT molecular complexity index is 655. The van der Waals surface area contributed by atoms with Crippen molar-refractivity contribution in [3.8, 4) is 0 Å². The van der Waals surface area contributed by atoms with E-state index in [1.165, 1.54) is 6.42 Å². The Kier molecular flexibility index (Phi) is 7.47. The number of carbonyl (C=O) groups excluding carboxylic acids is 3. The van der Waals surface area contributed by atoms with Crippen LogP contribution in [-0.4, -0.2) is 108 Å². The Morgan fingerprint density at radius 1 is 0.839 bits per heavy atom. The average molecular weight is 438 g/mol. The molecule has 0 atom stereocenters. The number of piperazine rings is 1. The summed E-state index contributed by atoms with van der Waals surface area (Å²) in [6.07, 6.45) is 4.34. The first-order chi connectivity index (χ1) is 14.6. The van der Waals surface area contributed by atoms with Crippen LogP contribution in [0.2, 0.25) is 0 Å². The van der Waals surface area contributed by atoms with Crippen LogP contribution in [-0.2, 0) is 14.3 Å². The normalized spacial score (nSPS) is 23.5. The van der Waals surface area contributed by atoms with Crippen LogP contribution in [0, 0.1) is 0 Å². The standard InChI is InChI=1S/C22H39N5O4/c1-21(2,3)31-20(30)26-15-13-24(14-16-26)17-18(28)25-11-7-22(8-12-25,19(23)29)27-9-5-4-6-10-27/h4-17H2,1-3H3,(H2,23,29). The number of hydrogen-bond acceptors (Lipinski definition) is 6. The van der Waals surface area contributed by atoms with Gasteiger partial charge in [-0.15, -0.1) is 0 Å². The molecule has 3 heterocycles. The van der Waals surface area contributed by atoms with Gasteiger partial charge in [-0.2, -0.15) is 0 Å². The van der Waals surface area contributed by atoms with E-state index in [0.29, 0.717) is 58.7 Å². The topological polar surface area (TPSA) is 99.4 Å². The maximum Gasteiger partial charge on any atom is 0.410 e. The summed E-state index contributed by atoms with van der Waals surface area (Å²) < 4.78 is 5.43. The zero-order valence-electron chi connectivity index (χ0n) is 19.4. The van der Waals surface area contributed by atoms with Crippen LogP contribution < -0.4 is 5.73 Å². The van der Waals surface area contributed by atoms with Gasteiger partial charge < -0.3 is 20.3 Å². The number of ether oxygens (including phenoxy) is 1. The molecule has 3 aliphatic rings. The molecule has 0 spiro atoms. The van der Waals surface area contributed by atoms with Crippen LogP contribution in [0.25, 0.3) is 0 Å². The highest BCUT2D eigenvalue weighted by atomic mass is 16.6. The van der Waals surface area contributed by atoms with Gasteiger partial charge in [-0.3, -0.25) is 19.4 Å². The predicted octanol–water partition coefficient (Wildman–Crippen LogP) is 0.872. The molecular formula is C22H39N5O4. The lowest BCUT2D eigenvalue weighted by Gasteiger charge is -2.48. The molecular weight excluding hydrogens is 398 g/mol. The minimum absolute atomic E-state index is 0.0856. The van der Waals surface area contributed by atoms with E-state index in [0.717, 1.165) is 25.9 Å². The van der Waals surface area contributed by atoms with Crippen LogP contribution in [0.4, 0.5) is 4.79 Å². The average Bonchev–Trinajstić information content (AvgIpc) is 2.73. The van der Waals surface area contributed by atoms with Gasteiger partial charge in [0.1, 0.15) is 11.1 Å². The Morgan fingerprint density at radius 3 is 1.94 bits per heavy atom. The molecule has 0 aromatic rings. The molecule has 0 aliphatic carbocycles. The number of rotatable bonds is 4. The number of nitrogens with two attached hydrogens (primary N) is 1. The number of primary amides is 1. The highest BCUT2D eigenvalue weighted by molar-refractivity contribution is 5.85. The summed E-state index contributed by atoms with van der Waals surface area (Å²) in [6.45, 7) is 11.3. The molecule has 2 N–H and O–H groups in total. The molecule has 9 nitrogen and oxygen atoms in total. The van der Waals surface area contributed by atoms with Crippen molar-refractivity contribution in [2.75, 3.05) is 58.9 Å². The van der Waals surface area contributed by atoms with E-state index in [-0.39, 0.29) is 17.9 Å². The molecule has 0 radical (unpaired) electrons. The van der Waals surface area contributed by atoms with E-state index < -0.39 is 11.1 Å². The smallest absolute Gasteiger partial charge is 0.410 e. The van der Waals surface area contributed by atoms with Gasteiger partial charge in [-0.05, 0) is 59.5 Å². The molecule has 9 heteroatoms. The third kappa shape index (κ3) is 5.88. The van der Waals surface area contributed by atoms with Crippen LogP contribution in [0.5, 0.6) is 0 Å². The summed E-state index contributed by atoms with van der Waals surface area (Å²) >= 11 is 0. The molecule has 0 aromatic heterocycles. The van der Waals surface area contributed by atoms with Crippen molar-refractivity contribution >= 4 is 17.9 Å². The molecule has 0 saturated carbocycles. The first-order valence-electron chi connectivity index (χ1n) is 11.6. The molecule has 3 fully saturated rings. The Morgan fingerprint density at radius 2 is 1.42 bits per heavy atom. The van der Waals surface area contributed by atoms with Gasteiger partial charge in [-0.1, -0.05) is 6.42 Å². The number of nitrogens with zero attached hydrogens (tertiary/aromatic N) is 4. The van der Waals surface area contributed by atoms with E-state index in [4.69, 9.17) is 10.5 Å². The Balaban J connectivity index is 1.46. The van der Waals surface area contributed by atoms with Gasteiger partial charge in [0, 0.05) is 39.3 Å². The largest absolute Gasteiger partial charge is 0.444 e. The zero-order valence-corrected chi connectivity index (χ0v) is 19.4. The SMILES string of the molecule is CC(C)(C)OC(=O)N1CCN(CC(=O)N2CCC(C(N)=O)(N3CCCCC3)CC2)CC1. The number of piperidine rings is 2. The number of amides is 3. The van der Waals surface area contributed by atoms with Crippen molar-refractivity contribution in [1.82, 2.24) is 19.6 Å². The minimum Gasteiger partial charge on any atom is -0.444 e. The Labute approximate surface area is 185 Å². The van der Waals surface area contributed by atoms with Crippen molar-refractivity contribution < 1.29 is 19.1 Å². The molecule has 0 unspecified atom stereocenters. The minimum atomic E-state index is -0.601. The highest BCUT2D eigenvalue weighted by Gasteiger charge is 2.45. The molecule has 3 amide bonds. The summed E-state index contributed by atoms with van der Waals surface area (Å²) in [5.74, 6) is -0.165. The lowest BCUT2D eigenvalue weighted by molar-refractivity contribution is -0.142. The molecule has 3 aliphatic heterocycles. The third-order valence-electron chi connectivity index (χ3n) is 6.75. The summed E-state index contributed by atoms with van der Waals surface area (Å²) in [4.78, 5) is 45.4. The summed E-state index contributed by atoms with van der Waals surface area (Å²) in [7, 11) is 0. The molecule has 31 heavy (non-hydrogen) atoms. The fourth-order valence-electron chi connectivity index (χ4n) is 4.87. The third-order valence-corrected chi connectivity index (χ3v) is 6.75. The summed E-state index contributed by atoms with van der Waals surface area (Å²) in [5, 5.41) is 0. The fourth-order valence-corrected chi connectivity index (χ4v) is 4.87. The van der Waals surface area contributed by atoms with E-state index in [1.54, 1.807) is 4.90 Å². The van der Waals surface area contributed by atoms with Gasteiger partial charge >= 0.3 is 6.09 Å². The lowest BCUT2D eigenvalue weighted by atomic mass is 9.83. The molecule has 0 aromatic carbocycles. The lowest BCUT2D eigenvalue weighted by Crippen LogP contribution is -2.64. The van der Waals surface area contributed by atoms with E-state index >= 15 is 0 Å². The Hall–Kier alpha value is -1.87. The second kappa shape index (κ2) is 9.73. The molecule has 176 valence electrons. The highest BCUT2D eigenvalue weighted by Crippen LogP contribution is 2.31. The van der Waals surface area contributed by atoms with Gasteiger partial charge in [0.05, 0.1) is 6.54 Å². The predicted molar refractivity (Wildman–Crippen MR) is 117 cm³/mol. The van der Waals surface area contributed by atoms with E-state index in [1.807, 2.05) is 25.7 Å². The number of hydrogen-bond donors (Lipinski definition) is 1. The van der Waals surface area contributed by atoms with Crippen LogP contribution >= 0.6 is 0 Å². The zero-order chi connectivity index (χ0) is 22.6. The molecule has 3 saturated heterocycles. The number of likely N-dealkylation sites (tertiary alicyclic amines) is 2. The number of carbonyl (C=O) groups is 3. The summed E-state index contributed by atoms with van der Waals surface area (Å²) in [6, 6.07) is 0. The van der Waals surface area contributed by atoms with Gasteiger partial charge in [0.2, 0.25) is 11.8 Å². The summed E-state index contributed by atoms with van der Waals surface area (Å²) in [5.41, 5.74) is 4.74. The van der Waals surface area contributed by atoms with Gasteiger partial charge in [0.25, 0.3) is 0 Å². The van der Waals surface area contributed by atoms with E-state index in [2.05, 4.69) is 9.80 Å².